The van der Waals surface area contributed by atoms with E-state index in [0.717, 1.165) is 21.7 Å². The molecule has 0 aromatic heterocycles. The van der Waals surface area contributed by atoms with E-state index in [1.807, 2.05) is 55.5 Å². The third-order valence-electron chi connectivity index (χ3n) is 3.92. The van der Waals surface area contributed by atoms with Crippen molar-refractivity contribution in [2.45, 2.75) is 43.8 Å². The molecule has 1 atom stereocenters. The van der Waals surface area contributed by atoms with Crippen LogP contribution in [0.15, 0.2) is 53.4 Å². The Balaban J connectivity index is 1.90. The molecule has 0 unspecified atom stereocenters. The van der Waals surface area contributed by atoms with Crippen LogP contribution in [0.1, 0.15) is 37.8 Å². The van der Waals surface area contributed by atoms with Crippen molar-refractivity contribution in [3.8, 4) is 0 Å². The molecule has 0 heterocycles. The Morgan fingerprint density at radius 3 is 2.38 bits per heavy atom. The average molecular weight is 372 g/mol. The van der Waals surface area contributed by atoms with Gasteiger partial charge < -0.3 is 10.1 Å². The zero-order valence-electron chi connectivity index (χ0n) is 15.6. The number of benzene rings is 2. The lowest BCUT2D eigenvalue weighted by Gasteiger charge is -2.17. The number of esters is 1. The molecule has 5 heteroatoms. The van der Waals surface area contributed by atoms with Crippen molar-refractivity contribution in [3.05, 3.63) is 59.7 Å². The highest BCUT2D eigenvalue weighted by molar-refractivity contribution is 8.00. The van der Waals surface area contributed by atoms with Gasteiger partial charge in [-0.25, -0.2) is 0 Å². The Bertz CT molecular complexity index is 759. The average Bonchev–Trinajstić information content (AvgIpc) is 2.62. The van der Waals surface area contributed by atoms with Crippen LogP contribution in [-0.2, 0) is 14.3 Å². The summed E-state index contributed by atoms with van der Waals surface area (Å²) in [7, 11) is 0. The SMILES string of the molecule is Cc1cccc(C(C)C)c1NC(=O)COC(=O)[C@H](C)Sc1ccccc1. The summed E-state index contributed by atoms with van der Waals surface area (Å²) in [5.41, 5.74) is 2.86. The number of carbonyl (C=O) groups is 2. The van der Waals surface area contributed by atoms with Crippen LogP contribution in [0.25, 0.3) is 0 Å². The molecule has 0 aliphatic carbocycles. The van der Waals surface area contributed by atoms with Crippen LogP contribution in [0.4, 0.5) is 5.69 Å². The number of hydrogen-bond donors (Lipinski definition) is 1. The van der Waals surface area contributed by atoms with Gasteiger partial charge in [0, 0.05) is 10.6 Å². The number of anilines is 1. The summed E-state index contributed by atoms with van der Waals surface area (Å²) in [6.07, 6.45) is 0. The van der Waals surface area contributed by atoms with E-state index in [4.69, 9.17) is 4.74 Å². The molecule has 0 aliphatic heterocycles. The van der Waals surface area contributed by atoms with Crippen molar-refractivity contribution in [2.75, 3.05) is 11.9 Å². The van der Waals surface area contributed by atoms with E-state index < -0.39 is 5.97 Å². The molecule has 26 heavy (non-hydrogen) atoms. The summed E-state index contributed by atoms with van der Waals surface area (Å²) in [6.45, 7) is 7.59. The molecule has 138 valence electrons. The van der Waals surface area contributed by atoms with Crippen LogP contribution in [0.5, 0.6) is 0 Å². The first kappa shape index (κ1) is 20.0. The van der Waals surface area contributed by atoms with Crippen molar-refractivity contribution >= 4 is 29.3 Å². The number of nitrogens with one attached hydrogen (secondary N) is 1. The molecule has 2 rings (SSSR count). The van der Waals surface area contributed by atoms with E-state index in [0.29, 0.717) is 0 Å². The number of carbonyl (C=O) groups excluding carboxylic acids is 2. The third kappa shape index (κ3) is 5.63. The van der Waals surface area contributed by atoms with Gasteiger partial charge in [0.1, 0.15) is 5.25 Å². The van der Waals surface area contributed by atoms with Gasteiger partial charge in [-0.2, -0.15) is 0 Å². The number of rotatable bonds is 7. The summed E-state index contributed by atoms with van der Waals surface area (Å²) < 4.78 is 5.18. The highest BCUT2D eigenvalue weighted by Gasteiger charge is 2.18. The highest BCUT2D eigenvalue weighted by atomic mass is 32.2. The van der Waals surface area contributed by atoms with Gasteiger partial charge in [0.15, 0.2) is 6.61 Å². The molecule has 1 amide bonds. The summed E-state index contributed by atoms with van der Waals surface area (Å²) in [5, 5.41) is 2.50. The van der Waals surface area contributed by atoms with Crippen LogP contribution in [-0.4, -0.2) is 23.7 Å². The predicted octanol–water partition coefficient (Wildman–Crippen LogP) is 4.78. The summed E-state index contributed by atoms with van der Waals surface area (Å²) in [4.78, 5) is 25.3. The molecule has 0 radical (unpaired) electrons. The van der Waals surface area contributed by atoms with Crippen LogP contribution < -0.4 is 5.32 Å². The van der Waals surface area contributed by atoms with Crippen molar-refractivity contribution in [3.63, 3.8) is 0 Å². The first-order valence-corrected chi connectivity index (χ1v) is 9.54. The monoisotopic (exact) mass is 371 g/mol. The molecule has 4 nitrogen and oxygen atoms in total. The smallest absolute Gasteiger partial charge is 0.319 e. The molecule has 0 aliphatic rings. The van der Waals surface area contributed by atoms with Gasteiger partial charge in [0.2, 0.25) is 0 Å². The maximum atomic E-state index is 12.2. The molecule has 2 aromatic rings. The highest BCUT2D eigenvalue weighted by Crippen LogP contribution is 2.27. The van der Waals surface area contributed by atoms with Crippen LogP contribution in [0.2, 0.25) is 0 Å². The maximum absolute atomic E-state index is 12.2. The number of hydrogen-bond acceptors (Lipinski definition) is 4. The largest absolute Gasteiger partial charge is 0.455 e. The number of para-hydroxylation sites is 1. The normalized spacial score (nSPS) is 11.9. The Kier molecular flexibility index (Phi) is 7.27. The number of ether oxygens (including phenoxy) is 1. The van der Waals surface area contributed by atoms with Gasteiger partial charge in [0.05, 0.1) is 0 Å². The second-order valence-electron chi connectivity index (χ2n) is 6.42. The molecule has 0 fully saturated rings. The second kappa shape index (κ2) is 9.43. The standard InChI is InChI=1S/C21H25NO3S/c1-14(2)18-12-8-9-15(3)20(18)22-19(23)13-25-21(24)16(4)26-17-10-6-5-7-11-17/h5-12,14,16H,13H2,1-4H3,(H,22,23)/t16-/m0/s1. The molecule has 0 bridgehead atoms. The van der Waals surface area contributed by atoms with Gasteiger partial charge in [-0.05, 0) is 43.0 Å². The van der Waals surface area contributed by atoms with Gasteiger partial charge in [-0.3, -0.25) is 9.59 Å². The predicted molar refractivity (Wildman–Crippen MR) is 107 cm³/mol. The van der Waals surface area contributed by atoms with Crippen LogP contribution in [0, 0.1) is 6.92 Å². The summed E-state index contributed by atoms with van der Waals surface area (Å²) in [6, 6.07) is 15.6. The zero-order chi connectivity index (χ0) is 19.1. The number of thioether (sulfide) groups is 1. The molecular weight excluding hydrogens is 346 g/mol. The fourth-order valence-corrected chi connectivity index (χ4v) is 3.41. The maximum Gasteiger partial charge on any atom is 0.319 e. The molecule has 0 spiro atoms. The third-order valence-corrected chi connectivity index (χ3v) is 5.02. The van der Waals surface area contributed by atoms with E-state index in [1.54, 1.807) is 6.92 Å². The molecular formula is C21H25NO3S. The van der Waals surface area contributed by atoms with Gasteiger partial charge in [-0.1, -0.05) is 50.2 Å². The lowest BCUT2D eigenvalue weighted by molar-refractivity contribution is -0.146. The topological polar surface area (TPSA) is 55.4 Å². The Morgan fingerprint density at radius 1 is 1.04 bits per heavy atom. The van der Waals surface area contributed by atoms with E-state index in [1.165, 1.54) is 11.8 Å². The summed E-state index contributed by atoms with van der Waals surface area (Å²) in [5.74, 6) is -0.440. The first-order chi connectivity index (χ1) is 12.4. The van der Waals surface area contributed by atoms with Crippen molar-refractivity contribution in [1.82, 2.24) is 0 Å². The number of amides is 1. The molecule has 0 saturated heterocycles. The van der Waals surface area contributed by atoms with Gasteiger partial charge in [0.25, 0.3) is 5.91 Å². The van der Waals surface area contributed by atoms with Gasteiger partial charge in [-0.15, -0.1) is 11.8 Å². The Hall–Kier alpha value is -2.27. The first-order valence-electron chi connectivity index (χ1n) is 8.66. The van der Waals surface area contributed by atoms with E-state index >= 15 is 0 Å². The molecule has 1 N–H and O–H groups in total. The van der Waals surface area contributed by atoms with Crippen LogP contribution >= 0.6 is 11.8 Å². The minimum atomic E-state index is -0.400. The van der Waals surface area contributed by atoms with Crippen molar-refractivity contribution < 1.29 is 14.3 Å². The zero-order valence-corrected chi connectivity index (χ0v) is 16.4. The van der Waals surface area contributed by atoms with Crippen molar-refractivity contribution in [1.29, 1.82) is 0 Å². The minimum absolute atomic E-state index is 0.287. The van der Waals surface area contributed by atoms with E-state index in [2.05, 4.69) is 19.2 Å². The quantitative estimate of drug-likeness (QED) is 0.562. The fraction of sp³-hybridized carbons (Fsp3) is 0.333. The minimum Gasteiger partial charge on any atom is -0.455 e. The second-order valence-corrected chi connectivity index (χ2v) is 7.84. The Morgan fingerprint density at radius 2 is 1.73 bits per heavy atom. The lowest BCUT2D eigenvalue weighted by Crippen LogP contribution is -2.25. The van der Waals surface area contributed by atoms with Crippen molar-refractivity contribution in [2.24, 2.45) is 0 Å². The van der Waals surface area contributed by atoms with Gasteiger partial charge >= 0.3 is 5.97 Å². The number of aryl methyl sites for hydroxylation is 1. The summed E-state index contributed by atoms with van der Waals surface area (Å²) >= 11 is 1.41. The Labute approximate surface area is 159 Å². The van der Waals surface area contributed by atoms with E-state index in [-0.39, 0.29) is 23.7 Å². The molecule has 2 aromatic carbocycles. The molecule has 0 saturated carbocycles. The fourth-order valence-electron chi connectivity index (χ4n) is 2.52. The van der Waals surface area contributed by atoms with Crippen LogP contribution in [0.3, 0.4) is 0 Å². The lowest BCUT2D eigenvalue weighted by atomic mass is 9.98. The van der Waals surface area contributed by atoms with E-state index in [9.17, 15) is 9.59 Å².